The molecule has 0 bridgehead atoms. The Bertz CT molecular complexity index is 511. The summed E-state index contributed by atoms with van der Waals surface area (Å²) in [5.41, 5.74) is -0.868. The summed E-state index contributed by atoms with van der Waals surface area (Å²) in [6, 6.07) is 9.30. The maximum Gasteiger partial charge on any atom is 0.343 e. The Morgan fingerprint density at radius 3 is 2.46 bits per heavy atom. The van der Waals surface area contributed by atoms with Crippen molar-refractivity contribution in [2.45, 2.75) is 57.2 Å². The van der Waals surface area contributed by atoms with Gasteiger partial charge < -0.3 is 14.7 Å². The van der Waals surface area contributed by atoms with Gasteiger partial charge in [-0.15, -0.1) is 0 Å². The molecular formula is C20H31NO3. The topological polar surface area (TPSA) is 49.8 Å². The van der Waals surface area contributed by atoms with Crippen LogP contribution in [0.5, 0.6) is 0 Å². The molecule has 0 spiro atoms. The lowest BCUT2D eigenvalue weighted by molar-refractivity contribution is -0.180. The van der Waals surface area contributed by atoms with Crippen molar-refractivity contribution in [2.75, 3.05) is 20.6 Å². The van der Waals surface area contributed by atoms with E-state index < -0.39 is 11.6 Å². The number of hydrogen-bond acceptors (Lipinski definition) is 4. The van der Waals surface area contributed by atoms with Crippen LogP contribution in [0.3, 0.4) is 0 Å². The van der Waals surface area contributed by atoms with E-state index in [1.807, 2.05) is 51.4 Å². The molecule has 1 aromatic carbocycles. The second-order valence-corrected chi connectivity index (χ2v) is 7.14. The second kappa shape index (κ2) is 8.63. The monoisotopic (exact) mass is 333 g/mol. The van der Waals surface area contributed by atoms with Gasteiger partial charge in [-0.2, -0.15) is 0 Å². The van der Waals surface area contributed by atoms with Gasteiger partial charge in [0.2, 0.25) is 0 Å². The van der Waals surface area contributed by atoms with Crippen LogP contribution in [0.15, 0.2) is 30.3 Å². The Balaban J connectivity index is 2.18. The third kappa shape index (κ3) is 4.37. The van der Waals surface area contributed by atoms with Gasteiger partial charge >= 0.3 is 5.97 Å². The highest BCUT2D eigenvalue weighted by Gasteiger charge is 2.48. The number of ether oxygens (including phenoxy) is 1. The van der Waals surface area contributed by atoms with Gasteiger partial charge in [0.25, 0.3) is 0 Å². The van der Waals surface area contributed by atoms with Crippen LogP contribution in [0.1, 0.15) is 51.0 Å². The molecule has 0 aliphatic heterocycles. The van der Waals surface area contributed by atoms with E-state index in [2.05, 4.69) is 4.90 Å². The third-order valence-corrected chi connectivity index (χ3v) is 5.10. The molecule has 2 atom stereocenters. The average Bonchev–Trinajstić information content (AvgIpc) is 3.13. The summed E-state index contributed by atoms with van der Waals surface area (Å²) >= 11 is 0. The van der Waals surface area contributed by atoms with Crippen molar-refractivity contribution in [1.29, 1.82) is 0 Å². The van der Waals surface area contributed by atoms with E-state index in [0.717, 1.165) is 45.1 Å². The number of rotatable bonds is 8. The molecule has 0 amide bonds. The summed E-state index contributed by atoms with van der Waals surface area (Å²) in [6.45, 7) is 2.88. The molecule has 1 aromatic rings. The molecule has 2 rings (SSSR count). The molecule has 134 valence electrons. The number of benzene rings is 1. The summed E-state index contributed by atoms with van der Waals surface area (Å²) in [6.07, 6.45) is 5.25. The van der Waals surface area contributed by atoms with E-state index in [4.69, 9.17) is 4.74 Å². The lowest BCUT2D eigenvalue weighted by atomic mass is 9.80. The molecular weight excluding hydrogens is 302 g/mol. The summed E-state index contributed by atoms with van der Waals surface area (Å²) in [7, 11) is 4.01. The first kappa shape index (κ1) is 18.9. The average molecular weight is 333 g/mol. The Morgan fingerprint density at radius 2 is 1.92 bits per heavy atom. The summed E-state index contributed by atoms with van der Waals surface area (Å²) in [5.74, 6) is -0.537. The van der Waals surface area contributed by atoms with Gasteiger partial charge in [0, 0.05) is 12.5 Å². The number of nitrogens with zero attached hydrogens (tertiary/aromatic N) is 1. The molecule has 0 saturated heterocycles. The number of aliphatic hydroxyl groups is 1. The maximum atomic E-state index is 13.0. The van der Waals surface area contributed by atoms with Crippen LogP contribution < -0.4 is 0 Å². The first-order valence-electron chi connectivity index (χ1n) is 9.12. The predicted molar refractivity (Wildman–Crippen MR) is 95.6 cm³/mol. The normalized spacial score (nSPS) is 19.2. The van der Waals surface area contributed by atoms with E-state index in [1.165, 1.54) is 0 Å². The molecule has 1 fully saturated rings. The highest BCUT2D eigenvalue weighted by Crippen LogP contribution is 2.41. The van der Waals surface area contributed by atoms with Crippen LogP contribution in [0.25, 0.3) is 0 Å². The van der Waals surface area contributed by atoms with Crippen molar-refractivity contribution < 1.29 is 14.6 Å². The lowest BCUT2D eigenvalue weighted by Gasteiger charge is -2.33. The zero-order valence-corrected chi connectivity index (χ0v) is 15.2. The minimum Gasteiger partial charge on any atom is -0.460 e. The minimum atomic E-state index is -1.52. The second-order valence-electron chi connectivity index (χ2n) is 7.14. The highest BCUT2D eigenvalue weighted by atomic mass is 16.6. The molecule has 0 radical (unpaired) electrons. The van der Waals surface area contributed by atoms with Crippen LogP contribution in [0, 0.1) is 5.92 Å². The van der Waals surface area contributed by atoms with Crippen molar-refractivity contribution in [1.82, 2.24) is 4.90 Å². The summed E-state index contributed by atoms with van der Waals surface area (Å²) < 4.78 is 5.77. The quantitative estimate of drug-likeness (QED) is 0.741. The molecule has 1 aliphatic rings. The fourth-order valence-electron chi connectivity index (χ4n) is 3.55. The standard InChI is InChI=1S/C20H31NO3/c1-4-18(14-15-21(2)3)24-19(22)20(23,17-12-8-9-13-17)16-10-6-5-7-11-16/h5-7,10-11,17-18,23H,4,8-9,12-15H2,1-3H3. The molecule has 1 saturated carbocycles. The first-order valence-corrected chi connectivity index (χ1v) is 9.12. The Kier molecular flexibility index (Phi) is 6.81. The van der Waals surface area contributed by atoms with E-state index >= 15 is 0 Å². The number of carbonyl (C=O) groups is 1. The van der Waals surface area contributed by atoms with Gasteiger partial charge in [0.1, 0.15) is 6.10 Å². The number of hydrogen-bond donors (Lipinski definition) is 1. The summed E-state index contributed by atoms with van der Waals surface area (Å²) in [4.78, 5) is 15.1. The maximum absolute atomic E-state index is 13.0. The van der Waals surface area contributed by atoms with Gasteiger partial charge in [-0.1, -0.05) is 50.1 Å². The largest absolute Gasteiger partial charge is 0.460 e. The number of carbonyl (C=O) groups excluding carboxylic acids is 1. The summed E-state index contributed by atoms with van der Waals surface area (Å²) in [5, 5.41) is 11.4. The Labute approximate surface area is 145 Å². The van der Waals surface area contributed by atoms with Gasteiger partial charge in [0.15, 0.2) is 5.60 Å². The van der Waals surface area contributed by atoms with Crippen LogP contribution in [0.4, 0.5) is 0 Å². The van der Waals surface area contributed by atoms with Crippen molar-refractivity contribution in [3.8, 4) is 0 Å². The third-order valence-electron chi connectivity index (χ3n) is 5.10. The zero-order valence-electron chi connectivity index (χ0n) is 15.2. The lowest BCUT2D eigenvalue weighted by Crippen LogP contribution is -2.45. The van der Waals surface area contributed by atoms with Crippen molar-refractivity contribution >= 4 is 5.97 Å². The fourth-order valence-corrected chi connectivity index (χ4v) is 3.55. The Hall–Kier alpha value is -1.39. The zero-order chi connectivity index (χ0) is 17.6. The molecule has 1 aliphatic carbocycles. The van der Waals surface area contributed by atoms with E-state index in [1.54, 1.807) is 0 Å². The molecule has 4 nitrogen and oxygen atoms in total. The molecule has 2 unspecified atom stereocenters. The molecule has 0 aromatic heterocycles. The van der Waals surface area contributed by atoms with Crippen molar-refractivity contribution in [2.24, 2.45) is 5.92 Å². The number of esters is 1. The highest BCUT2D eigenvalue weighted by molar-refractivity contribution is 5.81. The van der Waals surface area contributed by atoms with Crippen molar-refractivity contribution in [3.05, 3.63) is 35.9 Å². The van der Waals surface area contributed by atoms with Gasteiger partial charge in [-0.05, 0) is 45.3 Å². The van der Waals surface area contributed by atoms with Crippen LogP contribution in [0.2, 0.25) is 0 Å². The fraction of sp³-hybridized carbons (Fsp3) is 0.650. The molecule has 0 heterocycles. The van der Waals surface area contributed by atoms with E-state index in [0.29, 0.717) is 5.56 Å². The first-order chi connectivity index (χ1) is 11.5. The smallest absolute Gasteiger partial charge is 0.343 e. The van der Waals surface area contributed by atoms with Crippen LogP contribution >= 0.6 is 0 Å². The minimum absolute atomic E-state index is 0.0567. The molecule has 1 N–H and O–H groups in total. The molecule has 24 heavy (non-hydrogen) atoms. The van der Waals surface area contributed by atoms with Crippen LogP contribution in [-0.4, -0.2) is 42.7 Å². The van der Waals surface area contributed by atoms with Crippen LogP contribution in [-0.2, 0) is 15.1 Å². The Morgan fingerprint density at radius 1 is 1.29 bits per heavy atom. The van der Waals surface area contributed by atoms with Crippen molar-refractivity contribution in [3.63, 3.8) is 0 Å². The van der Waals surface area contributed by atoms with E-state index in [-0.39, 0.29) is 12.0 Å². The van der Waals surface area contributed by atoms with Gasteiger partial charge in [-0.25, -0.2) is 4.79 Å². The van der Waals surface area contributed by atoms with E-state index in [9.17, 15) is 9.90 Å². The predicted octanol–water partition coefficient (Wildman–Crippen LogP) is 3.34. The SMILES string of the molecule is CCC(CCN(C)C)OC(=O)C(O)(c1ccccc1)C1CCCC1. The van der Waals surface area contributed by atoms with Gasteiger partial charge in [0.05, 0.1) is 0 Å². The molecule has 4 heteroatoms. The van der Waals surface area contributed by atoms with Gasteiger partial charge in [-0.3, -0.25) is 0 Å².